The fourth-order valence-corrected chi connectivity index (χ4v) is 5.15. The summed E-state index contributed by atoms with van der Waals surface area (Å²) in [6, 6.07) is 6.73. The molecule has 1 unspecified atom stereocenters. The van der Waals surface area contributed by atoms with Crippen LogP contribution in [-0.4, -0.2) is 26.0 Å². The topological polar surface area (TPSA) is 136 Å². The molecule has 0 radical (unpaired) electrons. The van der Waals surface area contributed by atoms with Crippen molar-refractivity contribution in [2.45, 2.75) is 22.8 Å². The Kier molecular flexibility index (Phi) is 7.03. The molecule has 0 bridgehead atoms. The zero-order valence-electron chi connectivity index (χ0n) is 12.3. The molecule has 1 aromatic carbocycles. The molecular weight excluding hydrogens is 327 g/mol. The van der Waals surface area contributed by atoms with Gasteiger partial charge in [0.25, 0.3) is 10.1 Å². The molecule has 1 N–H and O–H groups in total. The van der Waals surface area contributed by atoms with Crippen molar-refractivity contribution in [2.75, 3.05) is 0 Å². The number of hydrogen-bond donors (Lipinski definition) is 1. The van der Waals surface area contributed by atoms with Gasteiger partial charge < -0.3 is 1.43 Å². The van der Waals surface area contributed by atoms with Crippen LogP contribution >= 0.6 is 0 Å². The first kappa shape index (κ1) is 20.1. The first-order chi connectivity index (χ1) is 9.20. The molecular formula is C11H11N2NaO5S2. The molecule has 0 aromatic heterocycles. The van der Waals surface area contributed by atoms with Crippen LogP contribution in [0.1, 0.15) is 25.9 Å². The van der Waals surface area contributed by atoms with Gasteiger partial charge >= 0.3 is 29.6 Å². The van der Waals surface area contributed by atoms with E-state index in [1.54, 1.807) is 12.1 Å². The second-order valence-corrected chi connectivity index (χ2v) is 7.80. The first-order valence-corrected chi connectivity index (χ1v) is 8.38. The van der Waals surface area contributed by atoms with E-state index < -0.39 is 35.0 Å². The van der Waals surface area contributed by atoms with Crippen LogP contribution in [0.2, 0.25) is 0 Å². The molecule has 0 fully saturated rings. The van der Waals surface area contributed by atoms with E-state index in [0.29, 0.717) is 0 Å². The summed E-state index contributed by atoms with van der Waals surface area (Å²) in [7, 11) is -9.34. The van der Waals surface area contributed by atoms with Gasteiger partial charge in [-0.2, -0.15) is 18.9 Å². The first-order valence-electron chi connectivity index (χ1n) is 5.33. The van der Waals surface area contributed by atoms with E-state index in [0.717, 1.165) is 6.07 Å². The molecule has 0 aliphatic carbocycles. The Hall–Kier alpha value is -0.940. The maximum atomic E-state index is 12.3. The molecule has 0 amide bonds. The third-order valence-electron chi connectivity index (χ3n) is 2.58. The third kappa shape index (κ3) is 4.04. The predicted octanol–water partition coefficient (Wildman–Crippen LogP) is -2.06. The van der Waals surface area contributed by atoms with Crippen LogP contribution in [0.25, 0.3) is 0 Å². The summed E-state index contributed by atoms with van der Waals surface area (Å²) >= 11 is 0. The largest absolute Gasteiger partial charge is 1.00 e. The summed E-state index contributed by atoms with van der Waals surface area (Å²) in [5.41, 5.74) is -0.615. The molecule has 0 spiro atoms. The van der Waals surface area contributed by atoms with Crippen LogP contribution in [0.5, 0.6) is 0 Å². The molecule has 0 heterocycles. The van der Waals surface area contributed by atoms with Crippen LogP contribution in [-0.2, 0) is 20.0 Å². The van der Waals surface area contributed by atoms with E-state index in [1.165, 1.54) is 19.1 Å². The number of hydrogen-bond acceptors (Lipinski definition) is 6. The number of rotatable bonds is 4. The average molecular weight is 338 g/mol. The Morgan fingerprint density at radius 2 is 1.81 bits per heavy atom. The van der Waals surface area contributed by atoms with Gasteiger partial charge in [-0.05, 0) is 18.6 Å². The molecule has 1 aromatic rings. The number of nitrogens with zero attached hydrogens (tertiary/aromatic N) is 2. The standard InChI is InChI=1S/C11H10N2O5S2.Na.H/c1-2-11(20(16,17)18)19(14,15)10-5-3-4-8(6-12)9(10)7-13;;/h3-5,11H,2H2,1H3,(H,16,17,18);;/q;+1;-1. The number of benzene rings is 1. The van der Waals surface area contributed by atoms with E-state index in [2.05, 4.69) is 0 Å². The maximum Gasteiger partial charge on any atom is 1.00 e. The second kappa shape index (κ2) is 7.36. The fraction of sp³-hybridized carbons (Fsp3) is 0.273. The minimum Gasteiger partial charge on any atom is -1.00 e. The SMILES string of the molecule is CCC(S(=O)(=O)O)S(=O)(=O)c1cccc(C#N)c1C#N.[H-].[Na+]. The summed E-state index contributed by atoms with van der Waals surface area (Å²) < 4.78 is 53.8. The van der Waals surface area contributed by atoms with Crippen molar-refractivity contribution in [3.63, 3.8) is 0 Å². The van der Waals surface area contributed by atoms with Gasteiger partial charge in [0.05, 0.1) is 16.0 Å². The monoisotopic (exact) mass is 338 g/mol. The Labute approximate surface area is 146 Å². The Morgan fingerprint density at radius 1 is 1.24 bits per heavy atom. The van der Waals surface area contributed by atoms with Crippen LogP contribution in [0.15, 0.2) is 23.1 Å². The van der Waals surface area contributed by atoms with Crippen LogP contribution in [0.4, 0.5) is 0 Å². The Balaban J connectivity index is 0. The van der Waals surface area contributed by atoms with Crippen molar-refractivity contribution in [1.82, 2.24) is 0 Å². The quantitative estimate of drug-likeness (QED) is 0.492. The summed E-state index contributed by atoms with van der Waals surface area (Å²) in [5, 5.41) is 17.8. The van der Waals surface area contributed by atoms with Gasteiger partial charge in [-0.15, -0.1) is 0 Å². The van der Waals surface area contributed by atoms with Crippen molar-refractivity contribution in [3.05, 3.63) is 29.3 Å². The van der Waals surface area contributed by atoms with Gasteiger partial charge in [0, 0.05) is 0 Å². The summed E-state index contributed by atoms with van der Waals surface area (Å²) in [6.45, 7) is 1.27. The van der Waals surface area contributed by atoms with Crippen molar-refractivity contribution in [2.24, 2.45) is 0 Å². The van der Waals surface area contributed by atoms with Crippen LogP contribution in [0.3, 0.4) is 0 Å². The zero-order chi connectivity index (χ0) is 15.6. The molecule has 0 aliphatic heterocycles. The van der Waals surface area contributed by atoms with Gasteiger partial charge in [-0.1, -0.05) is 13.0 Å². The van der Waals surface area contributed by atoms with E-state index in [9.17, 15) is 16.8 Å². The molecule has 10 heteroatoms. The molecule has 108 valence electrons. The van der Waals surface area contributed by atoms with Crippen molar-refractivity contribution in [3.8, 4) is 12.1 Å². The smallest absolute Gasteiger partial charge is 1.00 e. The molecule has 7 nitrogen and oxygen atoms in total. The average Bonchev–Trinajstić information content (AvgIpc) is 2.36. The Morgan fingerprint density at radius 3 is 2.19 bits per heavy atom. The molecule has 1 atom stereocenters. The third-order valence-corrected chi connectivity index (χ3v) is 7.04. The van der Waals surface area contributed by atoms with Crippen molar-refractivity contribution < 1.29 is 52.4 Å². The molecule has 1 rings (SSSR count). The fourth-order valence-electron chi connectivity index (χ4n) is 1.71. The van der Waals surface area contributed by atoms with Crippen LogP contribution in [0, 0.1) is 22.7 Å². The summed E-state index contributed by atoms with van der Waals surface area (Å²) in [4.78, 5) is -0.580. The number of sulfone groups is 1. The number of nitriles is 2. The summed E-state index contributed by atoms with van der Waals surface area (Å²) in [5.74, 6) is 0. The van der Waals surface area contributed by atoms with Gasteiger partial charge in [-0.3, -0.25) is 4.55 Å². The maximum absolute atomic E-state index is 12.3. The minimum atomic E-state index is -4.85. The zero-order valence-corrected chi connectivity index (χ0v) is 14.9. The van der Waals surface area contributed by atoms with Crippen molar-refractivity contribution >= 4 is 20.0 Å². The van der Waals surface area contributed by atoms with E-state index >= 15 is 0 Å². The normalized spacial score (nSPS) is 12.6. The van der Waals surface area contributed by atoms with Gasteiger partial charge in [0.2, 0.25) is 0 Å². The van der Waals surface area contributed by atoms with Crippen molar-refractivity contribution in [1.29, 1.82) is 10.5 Å². The van der Waals surface area contributed by atoms with E-state index in [-0.39, 0.29) is 43.0 Å². The molecule has 0 saturated heterocycles. The Bertz CT molecular complexity index is 825. The van der Waals surface area contributed by atoms with Gasteiger partial charge in [-0.25, -0.2) is 8.42 Å². The summed E-state index contributed by atoms with van der Waals surface area (Å²) in [6.07, 6.45) is -0.386. The molecule has 0 aliphatic rings. The molecule has 21 heavy (non-hydrogen) atoms. The second-order valence-electron chi connectivity index (χ2n) is 3.80. The van der Waals surface area contributed by atoms with Crippen LogP contribution < -0.4 is 29.6 Å². The van der Waals surface area contributed by atoms with Gasteiger partial charge in [0.1, 0.15) is 12.1 Å². The van der Waals surface area contributed by atoms with Gasteiger partial charge in [0.15, 0.2) is 14.4 Å². The van der Waals surface area contributed by atoms with E-state index in [4.69, 9.17) is 15.1 Å². The molecule has 0 saturated carbocycles. The minimum absolute atomic E-state index is 0. The van der Waals surface area contributed by atoms with E-state index in [1.807, 2.05) is 0 Å². The predicted molar refractivity (Wildman–Crippen MR) is 69.8 cm³/mol.